The molecule has 0 spiro atoms. The number of aryl methyl sites for hydroxylation is 2. The van der Waals surface area contributed by atoms with Crippen LogP contribution in [0.2, 0.25) is 0 Å². The van der Waals surface area contributed by atoms with Crippen molar-refractivity contribution in [1.82, 2.24) is 4.98 Å². The summed E-state index contributed by atoms with van der Waals surface area (Å²) in [5, 5.41) is 12.2. The summed E-state index contributed by atoms with van der Waals surface area (Å²) >= 11 is 0. The van der Waals surface area contributed by atoms with E-state index in [2.05, 4.69) is 10.3 Å². The third kappa shape index (κ3) is 6.26. The number of rotatable bonds is 8. The summed E-state index contributed by atoms with van der Waals surface area (Å²) in [6.45, 7) is 3.64. The molecule has 2 aromatic carbocycles. The molecule has 3 rings (SSSR count). The number of hydrogen-bond donors (Lipinski definition) is 2. The molecule has 0 aliphatic heterocycles. The zero-order valence-electron chi connectivity index (χ0n) is 18.4. The number of pyridine rings is 1. The van der Waals surface area contributed by atoms with Gasteiger partial charge in [0, 0.05) is 18.1 Å². The Morgan fingerprint density at radius 3 is 1.62 bits per heavy atom. The number of anilines is 1. The van der Waals surface area contributed by atoms with Gasteiger partial charge in [0.2, 0.25) is 12.2 Å². The second-order valence-electron chi connectivity index (χ2n) is 7.45. The Morgan fingerprint density at radius 1 is 0.735 bits per heavy atom. The monoisotopic (exact) mass is 462 g/mol. The van der Waals surface area contributed by atoms with E-state index in [1.54, 1.807) is 24.3 Å². The maximum Gasteiger partial charge on any atom is 0.349 e. The average Bonchev–Trinajstić information content (AvgIpc) is 2.82. The molecule has 2 N–H and O–H groups in total. The van der Waals surface area contributed by atoms with Gasteiger partial charge in [-0.25, -0.2) is 14.4 Å². The lowest BCUT2D eigenvalue weighted by Crippen LogP contribution is -2.48. The summed E-state index contributed by atoms with van der Waals surface area (Å²) < 4.78 is 10.4. The Morgan fingerprint density at radius 2 is 1.18 bits per heavy atom. The molecular formula is C25H22N2O7. The fraction of sp³-hybridized carbons (Fsp3) is 0.160. The Bertz CT molecular complexity index is 1180. The average molecular weight is 462 g/mol. The van der Waals surface area contributed by atoms with Gasteiger partial charge in [-0.3, -0.25) is 9.78 Å². The van der Waals surface area contributed by atoms with Crippen LogP contribution in [0.1, 0.15) is 31.8 Å². The quantitative estimate of drug-likeness (QED) is 0.488. The van der Waals surface area contributed by atoms with Crippen LogP contribution in [0.5, 0.6) is 0 Å². The smallest absolute Gasteiger partial charge is 0.349 e. The molecule has 0 unspecified atom stereocenters. The van der Waals surface area contributed by atoms with Gasteiger partial charge in [0.1, 0.15) is 0 Å². The van der Waals surface area contributed by atoms with Crippen LogP contribution in [0.3, 0.4) is 0 Å². The number of ether oxygens (including phenoxy) is 2. The number of carbonyl (C=O) groups is 4. The molecule has 0 saturated carbocycles. The molecule has 2 atom stereocenters. The molecule has 174 valence electrons. The van der Waals surface area contributed by atoms with E-state index in [1.165, 1.54) is 48.8 Å². The summed E-state index contributed by atoms with van der Waals surface area (Å²) in [6.07, 6.45) is -1.26. The van der Waals surface area contributed by atoms with E-state index in [9.17, 15) is 24.3 Å². The fourth-order valence-corrected chi connectivity index (χ4v) is 2.89. The number of aliphatic carboxylic acids is 1. The topological polar surface area (TPSA) is 132 Å². The highest BCUT2D eigenvalue weighted by molar-refractivity contribution is 6.01. The molecule has 0 fully saturated rings. The van der Waals surface area contributed by atoms with E-state index in [-0.39, 0.29) is 16.8 Å². The maximum absolute atomic E-state index is 13.0. The number of esters is 2. The van der Waals surface area contributed by atoms with Gasteiger partial charge in [0.15, 0.2) is 0 Å². The third-order valence-electron chi connectivity index (χ3n) is 4.77. The van der Waals surface area contributed by atoms with Crippen molar-refractivity contribution in [2.24, 2.45) is 0 Å². The number of hydrogen-bond acceptors (Lipinski definition) is 7. The molecule has 34 heavy (non-hydrogen) atoms. The molecule has 1 amide bonds. The number of aromatic nitrogens is 1. The Labute approximate surface area is 195 Å². The lowest BCUT2D eigenvalue weighted by Gasteiger charge is -2.23. The van der Waals surface area contributed by atoms with Crippen molar-refractivity contribution in [3.8, 4) is 0 Å². The highest BCUT2D eigenvalue weighted by Gasteiger charge is 2.41. The van der Waals surface area contributed by atoms with Crippen molar-refractivity contribution in [2.75, 3.05) is 5.32 Å². The minimum atomic E-state index is -2.11. The lowest BCUT2D eigenvalue weighted by molar-refractivity contribution is -0.157. The van der Waals surface area contributed by atoms with Crippen molar-refractivity contribution in [2.45, 2.75) is 26.1 Å². The molecule has 0 radical (unpaired) electrons. The van der Waals surface area contributed by atoms with Gasteiger partial charge in [-0.2, -0.15) is 0 Å². The molecule has 0 aliphatic rings. The van der Waals surface area contributed by atoms with Crippen LogP contribution in [0.4, 0.5) is 5.69 Å². The summed E-state index contributed by atoms with van der Waals surface area (Å²) in [4.78, 5) is 54.1. The van der Waals surface area contributed by atoms with E-state index in [4.69, 9.17) is 9.47 Å². The van der Waals surface area contributed by atoms with Gasteiger partial charge in [0.05, 0.1) is 11.1 Å². The molecule has 1 heterocycles. The van der Waals surface area contributed by atoms with E-state index < -0.39 is 36.0 Å². The molecule has 0 bridgehead atoms. The Hall–Kier alpha value is -4.53. The summed E-state index contributed by atoms with van der Waals surface area (Å²) in [5.74, 6) is -4.59. The Balaban J connectivity index is 1.89. The van der Waals surface area contributed by atoms with Gasteiger partial charge in [-0.1, -0.05) is 35.4 Å². The zero-order chi connectivity index (χ0) is 24.7. The molecular weight excluding hydrogens is 440 g/mol. The molecule has 0 aliphatic carbocycles. The second kappa shape index (κ2) is 10.9. The number of nitrogens with zero attached hydrogens (tertiary/aromatic N) is 1. The van der Waals surface area contributed by atoms with Crippen LogP contribution >= 0.6 is 0 Å². The first-order chi connectivity index (χ1) is 16.2. The van der Waals surface area contributed by atoms with E-state index in [0.717, 1.165) is 11.1 Å². The predicted molar refractivity (Wildman–Crippen MR) is 121 cm³/mol. The lowest BCUT2D eigenvalue weighted by atomic mass is 10.1. The van der Waals surface area contributed by atoms with Gasteiger partial charge >= 0.3 is 17.9 Å². The summed E-state index contributed by atoms with van der Waals surface area (Å²) in [6, 6.07) is 15.4. The maximum atomic E-state index is 13.0. The molecule has 3 aromatic rings. The minimum absolute atomic E-state index is 0.0787. The van der Waals surface area contributed by atoms with Crippen LogP contribution in [-0.2, 0) is 19.1 Å². The number of benzene rings is 2. The summed E-state index contributed by atoms with van der Waals surface area (Å²) in [7, 11) is 0. The summed E-state index contributed by atoms with van der Waals surface area (Å²) in [5.41, 5.74) is 2.23. The van der Waals surface area contributed by atoms with Gasteiger partial charge in [0.25, 0.3) is 5.91 Å². The van der Waals surface area contributed by atoms with Gasteiger partial charge in [-0.15, -0.1) is 0 Å². The first kappa shape index (κ1) is 24.1. The standard InChI is InChI=1S/C25H22N2O7/c1-15-3-7-17(8-4-15)24(31)33-20(22(28)27-19-11-13-26-14-12-19)21(23(29)30)34-25(32)18-9-5-16(2)6-10-18/h3-14,20-21H,1-2H3,(H,29,30)(H,26,27,28)/t20-,21-/m1/s1. The van der Waals surface area contributed by atoms with Crippen molar-refractivity contribution in [1.29, 1.82) is 0 Å². The number of carboxylic acids is 1. The highest BCUT2D eigenvalue weighted by Crippen LogP contribution is 2.16. The normalized spacial score (nSPS) is 12.2. The molecule has 9 heteroatoms. The second-order valence-corrected chi connectivity index (χ2v) is 7.45. The van der Waals surface area contributed by atoms with E-state index in [1.807, 2.05) is 13.8 Å². The number of amides is 1. The third-order valence-corrected chi connectivity index (χ3v) is 4.77. The van der Waals surface area contributed by atoms with Crippen LogP contribution in [0.15, 0.2) is 73.1 Å². The predicted octanol–water partition coefficient (Wildman–Crippen LogP) is 3.17. The van der Waals surface area contributed by atoms with Crippen molar-refractivity contribution in [3.63, 3.8) is 0 Å². The van der Waals surface area contributed by atoms with E-state index >= 15 is 0 Å². The van der Waals surface area contributed by atoms with E-state index in [0.29, 0.717) is 0 Å². The first-order valence-corrected chi connectivity index (χ1v) is 10.2. The molecule has 1 aromatic heterocycles. The van der Waals surface area contributed by atoms with Crippen LogP contribution in [0, 0.1) is 13.8 Å². The van der Waals surface area contributed by atoms with Crippen molar-refractivity contribution >= 4 is 29.5 Å². The van der Waals surface area contributed by atoms with Crippen LogP contribution in [0.25, 0.3) is 0 Å². The van der Waals surface area contributed by atoms with Crippen LogP contribution < -0.4 is 5.32 Å². The fourth-order valence-electron chi connectivity index (χ4n) is 2.89. The van der Waals surface area contributed by atoms with Crippen molar-refractivity contribution < 1.29 is 33.8 Å². The zero-order valence-corrected chi connectivity index (χ0v) is 18.4. The number of nitrogens with one attached hydrogen (secondary N) is 1. The number of carboxylic acid groups (broad SMARTS) is 1. The largest absolute Gasteiger partial charge is 0.478 e. The molecule has 0 saturated heterocycles. The van der Waals surface area contributed by atoms with Crippen LogP contribution in [-0.4, -0.2) is 46.1 Å². The van der Waals surface area contributed by atoms with Gasteiger partial charge in [-0.05, 0) is 50.2 Å². The number of carbonyl (C=O) groups excluding carboxylic acids is 3. The van der Waals surface area contributed by atoms with Gasteiger partial charge < -0.3 is 19.9 Å². The molecule has 9 nitrogen and oxygen atoms in total. The Kier molecular flexibility index (Phi) is 7.71. The van der Waals surface area contributed by atoms with Crippen molar-refractivity contribution in [3.05, 3.63) is 95.3 Å². The first-order valence-electron chi connectivity index (χ1n) is 10.2. The highest BCUT2D eigenvalue weighted by atomic mass is 16.6. The SMILES string of the molecule is Cc1ccc(C(=O)O[C@@H](C(=O)O)[C@@H](OC(=O)c2ccc(C)cc2)C(=O)Nc2ccncc2)cc1. The minimum Gasteiger partial charge on any atom is -0.478 e.